The third-order valence-electron chi connectivity index (χ3n) is 5.09. The van der Waals surface area contributed by atoms with Crippen LogP contribution in [0.1, 0.15) is 32.3 Å². The lowest BCUT2D eigenvalue weighted by Crippen LogP contribution is -2.40. The van der Waals surface area contributed by atoms with Crippen molar-refractivity contribution in [1.82, 2.24) is 14.1 Å². The van der Waals surface area contributed by atoms with E-state index in [1.165, 1.54) is 27.7 Å². The molecule has 7 nitrogen and oxygen atoms in total. The number of carbonyl (C=O) groups is 1. The minimum absolute atomic E-state index is 0.240. The number of carbonyl (C=O) groups excluding carboxylic acids is 1. The van der Waals surface area contributed by atoms with Crippen molar-refractivity contribution in [2.45, 2.75) is 37.6 Å². The smallest absolute Gasteiger partial charge is 0.325 e. The van der Waals surface area contributed by atoms with Crippen LogP contribution in [0.3, 0.4) is 0 Å². The second-order valence-electron chi connectivity index (χ2n) is 7.74. The van der Waals surface area contributed by atoms with Gasteiger partial charge in [0.2, 0.25) is 5.91 Å². The topological polar surface area (TPSA) is 86.0 Å². The Morgan fingerprint density at radius 1 is 1.12 bits per heavy atom. The van der Waals surface area contributed by atoms with Gasteiger partial charge in [-0.2, -0.15) is 0 Å². The van der Waals surface area contributed by atoms with E-state index in [1.807, 2.05) is 37.3 Å². The van der Waals surface area contributed by atoms with Gasteiger partial charge < -0.3 is 5.32 Å². The van der Waals surface area contributed by atoms with E-state index in [0.717, 1.165) is 15.9 Å². The summed E-state index contributed by atoms with van der Waals surface area (Å²) in [6.45, 7) is 5.90. The fraction of sp³-hybridized carbons (Fsp3) is 0.250. The first-order valence-electron chi connectivity index (χ1n) is 10.6. The number of nitrogens with zero attached hydrogens (tertiary/aromatic N) is 3. The lowest BCUT2D eigenvalue weighted by atomic mass is 10.0. The highest BCUT2D eigenvalue weighted by atomic mass is 32.2. The first kappa shape index (κ1) is 23.0. The summed E-state index contributed by atoms with van der Waals surface area (Å²) in [6, 6.07) is 16.3. The molecular formula is C24H24N4O3S2. The Labute approximate surface area is 199 Å². The van der Waals surface area contributed by atoms with Crippen LogP contribution in [-0.2, 0) is 11.3 Å². The summed E-state index contributed by atoms with van der Waals surface area (Å²) >= 11 is 2.74. The summed E-state index contributed by atoms with van der Waals surface area (Å²) in [7, 11) is 0. The van der Waals surface area contributed by atoms with Gasteiger partial charge in [0.25, 0.3) is 5.56 Å². The predicted molar refractivity (Wildman–Crippen MR) is 135 cm³/mol. The number of rotatable bonds is 7. The molecule has 1 N–H and O–H groups in total. The fourth-order valence-electron chi connectivity index (χ4n) is 3.47. The minimum Gasteiger partial charge on any atom is -0.325 e. The molecule has 0 unspecified atom stereocenters. The molecule has 9 heteroatoms. The quantitative estimate of drug-likeness (QED) is 0.394. The summed E-state index contributed by atoms with van der Waals surface area (Å²) in [5, 5.41) is 2.87. The van der Waals surface area contributed by atoms with E-state index in [2.05, 4.69) is 24.1 Å². The zero-order chi connectivity index (χ0) is 23.5. The largest absolute Gasteiger partial charge is 0.337 e. The third kappa shape index (κ3) is 4.79. The molecule has 2 aromatic carbocycles. The van der Waals surface area contributed by atoms with Gasteiger partial charge in [-0.25, -0.2) is 14.3 Å². The fourth-order valence-corrected chi connectivity index (χ4v) is 5.44. The third-order valence-corrected chi connectivity index (χ3v) is 7.14. The van der Waals surface area contributed by atoms with Gasteiger partial charge >= 0.3 is 5.69 Å². The highest BCUT2D eigenvalue weighted by Gasteiger charge is 2.20. The van der Waals surface area contributed by atoms with Crippen molar-refractivity contribution in [2.75, 3.05) is 11.1 Å². The highest BCUT2D eigenvalue weighted by Crippen LogP contribution is 2.27. The van der Waals surface area contributed by atoms with Crippen molar-refractivity contribution in [1.29, 1.82) is 0 Å². The van der Waals surface area contributed by atoms with Gasteiger partial charge in [0, 0.05) is 5.69 Å². The molecule has 2 aromatic heterocycles. The van der Waals surface area contributed by atoms with Crippen LogP contribution in [-0.4, -0.2) is 25.8 Å². The number of thioether (sulfide) groups is 1. The standard InChI is InChI=1S/C24H24N4O3S2/c1-4-32-23-26-21-20(33-23)22(30)28(18-11-6-5-7-12-18)24(31)27(21)14-19(29)25-17-10-8-9-16(13-17)15(2)3/h5-13,15H,4,14H2,1-3H3,(H,25,29). The SMILES string of the molecule is CCSc1nc2c(s1)c(=O)n(-c1ccccc1)c(=O)n2CC(=O)Nc1cccc(C(C)C)c1. The molecule has 0 aliphatic carbocycles. The lowest BCUT2D eigenvalue weighted by molar-refractivity contribution is -0.116. The molecule has 170 valence electrons. The van der Waals surface area contributed by atoms with Gasteiger partial charge in [-0.05, 0) is 41.5 Å². The molecular weight excluding hydrogens is 456 g/mol. The number of hydrogen-bond acceptors (Lipinski definition) is 6. The predicted octanol–water partition coefficient (Wildman–Crippen LogP) is 4.48. The first-order chi connectivity index (χ1) is 15.9. The number of hydrogen-bond donors (Lipinski definition) is 1. The van der Waals surface area contributed by atoms with Crippen LogP contribution >= 0.6 is 23.1 Å². The molecule has 0 radical (unpaired) electrons. The molecule has 1 amide bonds. The second kappa shape index (κ2) is 9.76. The van der Waals surface area contributed by atoms with Crippen LogP contribution in [0.15, 0.2) is 68.5 Å². The average molecular weight is 481 g/mol. The lowest BCUT2D eigenvalue weighted by Gasteiger charge is -2.12. The van der Waals surface area contributed by atoms with E-state index in [0.29, 0.717) is 26.3 Å². The van der Waals surface area contributed by atoms with Crippen molar-refractivity contribution in [2.24, 2.45) is 0 Å². The molecule has 0 atom stereocenters. The molecule has 2 heterocycles. The monoisotopic (exact) mass is 480 g/mol. The van der Waals surface area contributed by atoms with Crippen molar-refractivity contribution in [3.05, 3.63) is 81.0 Å². The number of fused-ring (bicyclic) bond motifs is 1. The maximum atomic E-state index is 13.4. The first-order valence-corrected chi connectivity index (χ1v) is 12.4. The summed E-state index contributed by atoms with van der Waals surface area (Å²) < 4.78 is 3.42. The molecule has 0 saturated carbocycles. The molecule has 0 bridgehead atoms. The number of anilines is 1. The molecule has 0 aliphatic heterocycles. The number of thiazole rings is 1. The van der Waals surface area contributed by atoms with E-state index < -0.39 is 11.2 Å². The van der Waals surface area contributed by atoms with E-state index in [1.54, 1.807) is 24.3 Å². The van der Waals surface area contributed by atoms with Crippen LogP contribution in [0, 0.1) is 0 Å². The highest BCUT2D eigenvalue weighted by molar-refractivity contribution is 8.01. The minimum atomic E-state index is -0.594. The van der Waals surface area contributed by atoms with Crippen LogP contribution < -0.4 is 16.6 Å². The van der Waals surface area contributed by atoms with Crippen LogP contribution in [0.4, 0.5) is 5.69 Å². The van der Waals surface area contributed by atoms with E-state index in [-0.39, 0.29) is 18.1 Å². The zero-order valence-electron chi connectivity index (χ0n) is 18.6. The zero-order valence-corrected chi connectivity index (χ0v) is 20.2. The normalized spacial score (nSPS) is 11.3. The van der Waals surface area contributed by atoms with Gasteiger partial charge in [-0.1, -0.05) is 62.9 Å². The van der Waals surface area contributed by atoms with E-state index in [9.17, 15) is 14.4 Å². The summed E-state index contributed by atoms with van der Waals surface area (Å²) in [6.07, 6.45) is 0. The summed E-state index contributed by atoms with van der Waals surface area (Å²) in [5.41, 5.74) is 1.43. The Bertz CT molecular complexity index is 1420. The van der Waals surface area contributed by atoms with Gasteiger partial charge in [0.1, 0.15) is 11.2 Å². The Kier molecular flexibility index (Phi) is 6.80. The van der Waals surface area contributed by atoms with Crippen molar-refractivity contribution < 1.29 is 4.79 Å². The summed E-state index contributed by atoms with van der Waals surface area (Å²) in [4.78, 5) is 44.1. The van der Waals surface area contributed by atoms with Crippen molar-refractivity contribution in [3.63, 3.8) is 0 Å². The average Bonchev–Trinajstić information content (AvgIpc) is 3.22. The molecule has 0 aliphatic rings. The molecule has 0 saturated heterocycles. The van der Waals surface area contributed by atoms with Crippen LogP contribution in [0.5, 0.6) is 0 Å². The summed E-state index contributed by atoms with van der Waals surface area (Å²) in [5.74, 6) is 0.738. The van der Waals surface area contributed by atoms with E-state index in [4.69, 9.17) is 0 Å². The van der Waals surface area contributed by atoms with Crippen LogP contribution in [0.2, 0.25) is 0 Å². The van der Waals surface area contributed by atoms with Gasteiger partial charge in [0.15, 0.2) is 9.99 Å². The van der Waals surface area contributed by atoms with Gasteiger partial charge in [0.05, 0.1) is 5.69 Å². The molecule has 0 spiro atoms. The second-order valence-corrected chi connectivity index (χ2v) is 10.2. The number of para-hydroxylation sites is 1. The number of amides is 1. The molecule has 4 rings (SSSR count). The number of benzene rings is 2. The van der Waals surface area contributed by atoms with E-state index >= 15 is 0 Å². The Balaban J connectivity index is 1.79. The van der Waals surface area contributed by atoms with Gasteiger partial charge in [-0.15, -0.1) is 11.3 Å². The maximum Gasteiger partial charge on any atom is 0.337 e. The van der Waals surface area contributed by atoms with Crippen molar-refractivity contribution >= 4 is 45.0 Å². The molecule has 33 heavy (non-hydrogen) atoms. The van der Waals surface area contributed by atoms with Gasteiger partial charge in [-0.3, -0.25) is 14.2 Å². The number of nitrogens with one attached hydrogen (secondary N) is 1. The Hall–Kier alpha value is -3.17. The van der Waals surface area contributed by atoms with Crippen molar-refractivity contribution in [3.8, 4) is 5.69 Å². The number of aromatic nitrogens is 3. The Morgan fingerprint density at radius 3 is 2.58 bits per heavy atom. The molecule has 0 fully saturated rings. The maximum absolute atomic E-state index is 13.4. The molecule has 4 aromatic rings. The van der Waals surface area contributed by atoms with Crippen LogP contribution in [0.25, 0.3) is 16.0 Å². The Morgan fingerprint density at radius 2 is 1.88 bits per heavy atom.